The first-order valence-corrected chi connectivity index (χ1v) is 5.86. The third-order valence-corrected chi connectivity index (χ3v) is 2.80. The Hall–Kier alpha value is -2.08. The number of carbonyl (C=O) groups is 1. The van der Waals surface area contributed by atoms with Gasteiger partial charge in [-0.25, -0.2) is 4.39 Å². The standard InChI is InChI=1S/C12H12ClFN4O/c1-18-6-10(15)11(17-18)12(19)16-5-7-2-3-9(14)8(13)4-7/h2-4,6H,5,15H2,1H3,(H,16,19). The van der Waals surface area contributed by atoms with Crippen LogP contribution in [0.4, 0.5) is 10.1 Å². The Morgan fingerprint density at radius 2 is 2.32 bits per heavy atom. The molecule has 1 heterocycles. The first kappa shape index (κ1) is 13.4. The Morgan fingerprint density at radius 3 is 2.89 bits per heavy atom. The van der Waals surface area contributed by atoms with Crippen LogP contribution in [-0.2, 0) is 13.6 Å². The second-order valence-corrected chi connectivity index (χ2v) is 4.45. The molecule has 3 N–H and O–H groups in total. The highest BCUT2D eigenvalue weighted by atomic mass is 35.5. The van der Waals surface area contributed by atoms with E-state index < -0.39 is 11.7 Å². The molecule has 0 aliphatic rings. The van der Waals surface area contributed by atoms with Crippen LogP contribution in [0.2, 0.25) is 5.02 Å². The van der Waals surface area contributed by atoms with Crippen molar-refractivity contribution in [1.82, 2.24) is 15.1 Å². The lowest BCUT2D eigenvalue weighted by atomic mass is 10.2. The molecule has 0 saturated carbocycles. The molecule has 1 aromatic carbocycles. The van der Waals surface area contributed by atoms with Gasteiger partial charge < -0.3 is 11.1 Å². The highest BCUT2D eigenvalue weighted by Gasteiger charge is 2.13. The smallest absolute Gasteiger partial charge is 0.274 e. The molecule has 1 amide bonds. The normalized spacial score (nSPS) is 10.5. The van der Waals surface area contributed by atoms with Crippen LogP contribution in [0.15, 0.2) is 24.4 Å². The van der Waals surface area contributed by atoms with Gasteiger partial charge in [-0.3, -0.25) is 9.48 Å². The number of aryl methyl sites for hydroxylation is 1. The molecule has 5 nitrogen and oxygen atoms in total. The van der Waals surface area contributed by atoms with Crippen molar-refractivity contribution in [3.8, 4) is 0 Å². The summed E-state index contributed by atoms with van der Waals surface area (Å²) in [5.74, 6) is -0.885. The first-order chi connectivity index (χ1) is 8.97. The molecular weight excluding hydrogens is 271 g/mol. The fourth-order valence-corrected chi connectivity index (χ4v) is 1.80. The van der Waals surface area contributed by atoms with E-state index in [-0.39, 0.29) is 17.3 Å². The van der Waals surface area contributed by atoms with Gasteiger partial charge in [0, 0.05) is 19.8 Å². The minimum atomic E-state index is -0.495. The van der Waals surface area contributed by atoms with Crippen LogP contribution in [-0.4, -0.2) is 15.7 Å². The van der Waals surface area contributed by atoms with Gasteiger partial charge in [-0.2, -0.15) is 5.10 Å². The molecular formula is C12H12ClFN4O. The molecule has 100 valence electrons. The fraction of sp³-hybridized carbons (Fsp3) is 0.167. The lowest BCUT2D eigenvalue weighted by Gasteiger charge is -2.05. The number of halogens is 2. The topological polar surface area (TPSA) is 72.9 Å². The van der Waals surface area contributed by atoms with Crippen molar-refractivity contribution in [1.29, 1.82) is 0 Å². The van der Waals surface area contributed by atoms with Gasteiger partial charge in [0.2, 0.25) is 0 Å². The van der Waals surface area contributed by atoms with Crippen LogP contribution in [0.5, 0.6) is 0 Å². The number of nitrogens with one attached hydrogen (secondary N) is 1. The van der Waals surface area contributed by atoms with Crippen LogP contribution < -0.4 is 11.1 Å². The summed E-state index contributed by atoms with van der Waals surface area (Å²) in [7, 11) is 1.67. The number of hydrogen-bond acceptors (Lipinski definition) is 3. The Morgan fingerprint density at radius 1 is 1.58 bits per heavy atom. The van der Waals surface area contributed by atoms with E-state index in [9.17, 15) is 9.18 Å². The Balaban J connectivity index is 2.04. The molecule has 7 heteroatoms. The van der Waals surface area contributed by atoms with Crippen molar-refractivity contribution in [2.24, 2.45) is 7.05 Å². The van der Waals surface area contributed by atoms with E-state index in [0.717, 1.165) is 0 Å². The van der Waals surface area contributed by atoms with Crippen molar-refractivity contribution in [3.63, 3.8) is 0 Å². The van der Waals surface area contributed by atoms with E-state index in [1.54, 1.807) is 19.3 Å². The van der Waals surface area contributed by atoms with E-state index in [0.29, 0.717) is 11.3 Å². The summed E-state index contributed by atoms with van der Waals surface area (Å²) in [6, 6.07) is 4.25. The van der Waals surface area contributed by atoms with Gasteiger partial charge in [0.15, 0.2) is 5.69 Å². The minimum Gasteiger partial charge on any atom is -0.396 e. The third-order valence-electron chi connectivity index (χ3n) is 2.51. The van der Waals surface area contributed by atoms with Crippen molar-refractivity contribution in [3.05, 3.63) is 46.5 Å². The Kier molecular flexibility index (Phi) is 3.71. The predicted octanol–water partition coefficient (Wildman–Crippen LogP) is 1.72. The summed E-state index contributed by atoms with van der Waals surface area (Å²) in [4.78, 5) is 11.8. The second kappa shape index (κ2) is 5.27. The summed E-state index contributed by atoms with van der Waals surface area (Å²) in [6.45, 7) is 0.217. The van der Waals surface area contributed by atoms with Gasteiger partial charge in [-0.15, -0.1) is 0 Å². The van der Waals surface area contributed by atoms with E-state index >= 15 is 0 Å². The summed E-state index contributed by atoms with van der Waals surface area (Å²) in [6.07, 6.45) is 1.55. The van der Waals surface area contributed by atoms with Crippen molar-refractivity contribution in [2.45, 2.75) is 6.54 Å². The molecule has 1 aromatic heterocycles. The fourth-order valence-electron chi connectivity index (χ4n) is 1.60. The maximum atomic E-state index is 13.0. The van der Waals surface area contributed by atoms with Crippen LogP contribution in [0, 0.1) is 5.82 Å². The zero-order chi connectivity index (χ0) is 14.0. The van der Waals surface area contributed by atoms with Crippen molar-refractivity contribution in [2.75, 3.05) is 5.73 Å². The first-order valence-electron chi connectivity index (χ1n) is 5.48. The molecule has 0 aliphatic carbocycles. The highest BCUT2D eigenvalue weighted by molar-refractivity contribution is 6.30. The molecule has 0 unspecified atom stereocenters. The van der Waals surface area contributed by atoms with Crippen molar-refractivity contribution < 1.29 is 9.18 Å². The quantitative estimate of drug-likeness (QED) is 0.900. The summed E-state index contributed by atoms with van der Waals surface area (Å²) >= 11 is 5.65. The number of rotatable bonds is 3. The lowest BCUT2D eigenvalue weighted by molar-refractivity contribution is 0.0946. The molecule has 0 radical (unpaired) electrons. The molecule has 0 spiro atoms. The lowest BCUT2D eigenvalue weighted by Crippen LogP contribution is -2.24. The van der Waals surface area contributed by atoms with Crippen molar-refractivity contribution >= 4 is 23.2 Å². The van der Waals surface area contributed by atoms with Gasteiger partial charge in [-0.05, 0) is 17.7 Å². The number of nitrogen functional groups attached to an aromatic ring is 1. The molecule has 0 aliphatic heterocycles. The van der Waals surface area contributed by atoms with Gasteiger partial charge in [0.05, 0.1) is 10.7 Å². The van der Waals surface area contributed by atoms with E-state index in [1.165, 1.54) is 16.8 Å². The number of hydrogen-bond donors (Lipinski definition) is 2. The third kappa shape index (κ3) is 3.03. The molecule has 0 fully saturated rings. The van der Waals surface area contributed by atoms with Crippen LogP contribution in [0.25, 0.3) is 0 Å². The molecule has 2 rings (SSSR count). The molecule has 19 heavy (non-hydrogen) atoms. The average Bonchev–Trinajstić information content (AvgIpc) is 2.70. The summed E-state index contributed by atoms with van der Waals surface area (Å²) < 4.78 is 14.4. The summed E-state index contributed by atoms with van der Waals surface area (Å²) in [5, 5.41) is 6.61. The molecule has 0 atom stereocenters. The summed E-state index contributed by atoms with van der Waals surface area (Å²) in [5.41, 5.74) is 6.80. The van der Waals surface area contributed by atoms with Gasteiger partial charge in [-0.1, -0.05) is 17.7 Å². The monoisotopic (exact) mass is 282 g/mol. The maximum absolute atomic E-state index is 13.0. The highest BCUT2D eigenvalue weighted by Crippen LogP contribution is 2.16. The molecule has 2 aromatic rings. The number of benzene rings is 1. The Labute approximate surface area is 114 Å². The van der Waals surface area contributed by atoms with Crippen LogP contribution in [0.3, 0.4) is 0 Å². The van der Waals surface area contributed by atoms with E-state index in [1.807, 2.05) is 0 Å². The van der Waals surface area contributed by atoms with Gasteiger partial charge in [0.25, 0.3) is 5.91 Å². The van der Waals surface area contributed by atoms with Gasteiger partial charge in [0.1, 0.15) is 5.82 Å². The number of anilines is 1. The number of nitrogens with zero attached hydrogens (tertiary/aromatic N) is 2. The van der Waals surface area contributed by atoms with E-state index in [2.05, 4.69) is 10.4 Å². The number of amides is 1. The zero-order valence-electron chi connectivity index (χ0n) is 10.2. The second-order valence-electron chi connectivity index (χ2n) is 4.04. The van der Waals surface area contributed by atoms with Gasteiger partial charge >= 0.3 is 0 Å². The van der Waals surface area contributed by atoms with Crippen LogP contribution >= 0.6 is 11.6 Å². The molecule has 0 saturated heterocycles. The maximum Gasteiger partial charge on any atom is 0.274 e. The van der Waals surface area contributed by atoms with E-state index in [4.69, 9.17) is 17.3 Å². The minimum absolute atomic E-state index is 0.0177. The largest absolute Gasteiger partial charge is 0.396 e. The number of nitrogens with two attached hydrogens (primary N) is 1. The zero-order valence-corrected chi connectivity index (χ0v) is 10.9. The SMILES string of the molecule is Cn1cc(N)c(C(=O)NCc2ccc(F)c(Cl)c2)n1. The Bertz CT molecular complexity index is 626. The predicted molar refractivity (Wildman–Crippen MR) is 70.2 cm³/mol. The number of carbonyl (C=O) groups excluding carboxylic acids is 1. The number of aromatic nitrogens is 2. The average molecular weight is 283 g/mol. The van der Waals surface area contributed by atoms with Crippen LogP contribution in [0.1, 0.15) is 16.1 Å². The molecule has 0 bridgehead atoms.